The zero-order valence-electron chi connectivity index (χ0n) is 13.9. The van der Waals surface area contributed by atoms with Crippen LogP contribution in [0.2, 0.25) is 0 Å². The molecular formula is C12H16BiO14P. The first-order valence-corrected chi connectivity index (χ1v) is 6.28. The maximum atomic E-state index is 10.3. The molecule has 0 aromatic rings. The Morgan fingerprint density at radius 1 is 0.643 bits per heavy atom. The van der Waals surface area contributed by atoms with Gasteiger partial charge in [0.1, 0.15) is 5.60 Å². The van der Waals surface area contributed by atoms with Gasteiger partial charge in [-0.05, 0) is 0 Å². The molecule has 0 aromatic carbocycles. The number of aliphatic carboxylic acids is 6. The van der Waals surface area contributed by atoms with Gasteiger partial charge in [0, 0.05) is 24.8 Å². The second-order valence-corrected chi connectivity index (χ2v) is 4.89. The van der Waals surface area contributed by atoms with Crippen LogP contribution in [0.5, 0.6) is 0 Å². The van der Waals surface area contributed by atoms with Crippen molar-refractivity contribution in [1.29, 1.82) is 0 Å². The van der Waals surface area contributed by atoms with E-state index in [0.717, 1.165) is 0 Å². The Kier molecular flexibility index (Phi) is 16.9. The number of carbonyl (C=O) groups excluding carboxylic acids is 3. The van der Waals surface area contributed by atoms with E-state index < -0.39 is 72.7 Å². The predicted octanol–water partition coefficient (Wildman–Crippen LogP) is -6.82. The molecule has 5 N–H and O–H groups in total. The normalized spacial score (nSPS) is 10.1. The van der Waals surface area contributed by atoms with E-state index in [0.29, 0.717) is 0 Å². The van der Waals surface area contributed by atoms with Gasteiger partial charge in [-0.15, -0.1) is 0 Å². The topological polar surface area (TPSA) is 273 Å². The van der Waals surface area contributed by atoms with Gasteiger partial charge in [0.25, 0.3) is 0 Å². The predicted molar refractivity (Wildman–Crippen MR) is 83.2 cm³/mol. The third kappa shape index (κ3) is 14.2. The first-order chi connectivity index (χ1) is 11.6. The van der Waals surface area contributed by atoms with Gasteiger partial charge >= 0.3 is 44.1 Å². The summed E-state index contributed by atoms with van der Waals surface area (Å²) >= 11 is 0. The van der Waals surface area contributed by atoms with E-state index in [2.05, 4.69) is 0 Å². The Balaban J connectivity index is -0.000000192. The third-order valence-electron chi connectivity index (χ3n) is 2.54. The average Bonchev–Trinajstić information content (AvgIpc) is 2.34. The van der Waals surface area contributed by atoms with E-state index in [1.165, 1.54) is 0 Å². The fraction of sp³-hybridized carbons (Fsp3) is 0.500. The van der Waals surface area contributed by atoms with Crippen molar-refractivity contribution < 1.29 is 69.6 Å². The smallest absolute Gasteiger partial charge is 0.550 e. The number of rotatable bonds is 10. The molecule has 0 aliphatic heterocycles. The summed E-state index contributed by atoms with van der Waals surface area (Å²) in [7, 11) is 0. The van der Waals surface area contributed by atoms with Crippen LogP contribution in [0.25, 0.3) is 0 Å². The Morgan fingerprint density at radius 3 is 1.07 bits per heavy atom. The second kappa shape index (κ2) is 14.1. The molecule has 14 nitrogen and oxygen atoms in total. The van der Waals surface area contributed by atoms with Crippen LogP contribution >= 0.6 is 9.90 Å². The average molecular weight is 624 g/mol. The Bertz CT molecular complexity index is 519. The molecule has 28 heavy (non-hydrogen) atoms. The summed E-state index contributed by atoms with van der Waals surface area (Å²) in [5.41, 5.74) is -5.71. The number of carboxylic acids is 6. The van der Waals surface area contributed by atoms with Crippen molar-refractivity contribution in [3.8, 4) is 0 Å². The minimum Gasteiger partial charge on any atom is -0.550 e. The molecule has 1 atom stereocenters. The number of carbonyl (C=O) groups is 6. The van der Waals surface area contributed by atoms with Gasteiger partial charge in [0.2, 0.25) is 0 Å². The summed E-state index contributed by atoms with van der Waals surface area (Å²) in [4.78, 5) is 60.5. The first-order valence-electron chi connectivity index (χ1n) is 6.28. The van der Waals surface area contributed by atoms with Crippen LogP contribution < -0.4 is 15.3 Å². The van der Waals surface area contributed by atoms with E-state index in [1.54, 1.807) is 0 Å². The monoisotopic (exact) mass is 624 g/mol. The fourth-order valence-corrected chi connectivity index (χ4v) is 1.40. The van der Waals surface area contributed by atoms with Gasteiger partial charge < -0.3 is 55.2 Å². The van der Waals surface area contributed by atoms with Crippen molar-refractivity contribution in [3.63, 3.8) is 0 Å². The number of hydrogen-bond donors (Lipinski definition) is 5. The minimum atomic E-state index is -2.97. The Labute approximate surface area is 178 Å². The van der Waals surface area contributed by atoms with Crippen molar-refractivity contribution in [2.75, 3.05) is 0 Å². The van der Waals surface area contributed by atoms with Crippen LogP contribution in [0.3, 0.4) is 0 Å². The summed E-state index contributed by atoms with van der Waals surface area (Å²) < 4.78 is 0. The minimum absolute atomic E-state index is 0. The molecule has 0 fully saturated rings. The van der Waals surface area contributed by atoms with Crippen molar-refractivity contribution in [3.05, 3.63) is 0 Å². The number of carboxylic acid groups (broad SMARTS) is 6. The van der Waals surface area contributed by atoms with Crippen molar-refractivity contribution >= 4 is 71.9 Å². The molecule has 0 aromatic heterocycles. The number of hydrogen-bond acceptors (Lipinski definition) is 11. The zero-order chi connectivity index (χ0) is 21.3. The summed E-state index contributed by atoms with van der Waals surface area (Å²) in [6.45, 7) is 0. The number of aliphatic hydroxyl groups is 2. The molecule has 2 radical (unpaired) electrons. The van der Waals surface area contributed by atoms with Crippen LogP contribution in [-0.4, -0.2) is 98.8 Å². The Hall–Kier alpha value is -1.95. The van der Waals surface area contributed by atoms with Gasteiger partial charge in [-0.1, -0.05) is 0 Å². The van der Waals surface area contributed by atoms with E-state index in [9.17, 15) is 44.1 Å². The van der Waals surface area contributed by atoms with E-state index in [1.807, 2.05) is 0 Å². The third-order valence-corrected chi connectivity index (χ3v) is 2.54. The Morgan fingerprint density at radius 2 is 0.929 bits per heavy atom. The molecule has 0 amide bonds. The summed E-state index contributed by atoms with van der Waals surface area (Å²) in [6, 6.07) is 0. The quantitative estimate of drug-likeness (QED) is 0.112. The van der Waals surface area contributed by atoms with E-state index >= 15 is 0 Å². The molecule has 0 heterocycles. The van der Waals surface area contributed by atoms with E-state index in [4.69, 9.17) is 25.5 Å². The van der Waals surface area contributed by atoms with Gasteiger partial charge in [-0.25, -0.2) is 4.79 Å². The van der Waals surface area contributed by atoms with Crippen molar-refractivity contribution in [1.82, 2.24) is 0 Å². The molecule has 0 saturated carbocycles. The molecule has 0 bridgehead atoms. The summed E-state index contributed by atoms with van der Waals surface area (Å²) in [6.07, 6.45) is -5.00. The maximum absolute atomic E-state index is 10.3. The zero-order valence-corrected chi connectivity index (χ0v) is 18.8. The van der Waals surface area contributed by atoms with Crippen molar-refractivity contribution in [2.24, 2.45) is 0 Å². The molecule has 0 aliphatic carbocycles. The summed E-state index contributed by atoms with van der Waals surface area (Å²) in [5, 5.41) is 72.7. The maximum Gasteiger partial charge on any atom is 3.00 e. The van der Waals surface area contributed by atoms with Gasteiger partial charge in [0.15, 0.2) is 5.60 Å². The molecule has 0 rings (SSSR count). The van der Waals surface area contributed by atoms with Crippen LogP contribution in [0, 0.1) is 0 Å². The molecule has 0 saturated heterocycles. The largest absolute Gasteiger partial charge is 3.00 e. The molecular weight excluding hydrogens is 608 g/mol. The standard InChI is InChI=1S/2C6H8O7.Bi.H3P/c2*7-3(8)1-6(13,5(11)12)2-4(9)10;;/h2*13H,1-2H2,(H,7,8)(H,9,10)(H,11,12);;1H3/q;;+3;/p-3. The van der Waals surface area contributed by atoms with Crippen LogP contribution in [-0.2, 0) is 28.8 Å². The fourth-order valence-electron chi connectivity index (χ4n) is 1.40. The van der Waals surface area contributed by atoms with Crippen LogP contribution in [0.4, 0.5) is 0 Å². The van der Waals surface area contributed by atoms with Gasteiger partial charge in [-0.2, -0.15) is 9.90 Å². The first kappa shape index (κ1) is 33.6. The van der Waals surface area contributed by atoms with Crippen LogP contribution in [0.1, 0.15) is 25.7 Å². The molecule has 158 valence electrons. The molecule has 16 heteroatoms. The molecule has 1 unspecified atom stereocenters. The van der Waals surface area contributed by atoms with Gasteiger partial charge in [-0.3, -0.25) is 9.59 Å². The summed E-state index contributed by atoms with van der Waals surface area (Å²) in [5.74, 6) is -11.0. The molecule has 0 aliphatic rings. The molecule has 0 spiro atoms. The SMILES string of the molecule is O=C(O)CC(O)(CC(=O)O)C(=O)O.O=C([O-])CC(O)(CC(=O)[O-])C(=O)[O-].P.[Bi+3]. The van der Waals surface area contributed by atoms with Crippen LogP contribution in [0.15, 0.2) is 0 Å². The van der Waals surface area contributed by atoms with Crippen molar-refractivity contribution in [2.45, 2.75) is 36.9 Å². The van der Waals surface area contributed by atoms with Gasteiger partial charge in [0.05, 0.1) is 18.8 Å². The van der Waals surface area contributed by atoms with E-state index in [-0.39, 0.29) is 36.1 Å². The second-order valence-electron chi connectivity index (χ2n) is 4.89.